The Morgan fingerprint density at radius 1 is 1.50 bits per heavy atom. The third kappa shape index (κ3) is 3.00. The van der Waals surface area contributed by atoms with E-state index in [9.17, 15) is 9.18 Å². The Kier molecular flexibility index (Phi) is 3.84. The fraction of sp³-hybridized carbons (Fsp3) is 0.500. The maximum atomic E-state index is 12.8. The molecule has 3 nitrogen and oxygen atoms in total. The van der Waals surface area contributed by atoms with Crippen LogP contribution in [0, 0.1) is 17.7 Å². The van der Waals surface area contributed by atoms with Gasteiger partial charge in [0, 0.05) is 18.8 Å². The molecule has 0 aromatic heterocycles. The van der Waals surface area contributed by atoms with Gasteiger partial charge in [0.05, 0.1) is 5.92 Å². The zero-order valence-corrected chi connectivity index (χ0v) is 10.5. The number of hydrogen-bond acceptors (Lipinski definition) is 2. The number of anilines is 1. The Morgan fingerprint density at radius 3 is 2.78 bits per heavy atom. The molecular formula is C14H18FNO2. The van der Waals surface area contributed by atoms with Crippen molar-refractivity contribution in [2.24, 2.45) is 11.8 Å². The van der Waals surface area contributed by atoms with Gasteiger partial charge in [-0.25, -0.2) is 4.39 Å². The van der Waals surface area contributed by atoms with Crippen LogP contribution >= 0.6 is 0 Å². The van der Waals surface area contributed by atoms with Gasteiger partial charge in [0.25, 0.3) is 0 Å². The van der Waals surface area contributed by atoms with Gasteiger partial charge in [0.15, 0.2) is 0 Å². The number of carbonyl (C=O) groups is 1. The highest BCUT2D eigenvalue weighted by Crippen LogP contribution is 2.27. The van der Waals surface area contributed by atoms with Crippen LogP contribution in [0.2, 0.25) is 0 Å². The minimum absolute atomic E-state index is 0.228. The summed E-state index contributed by atoms with van der Waals surface area (Å²) in [7, 11) is 0. The summed E-state index contributed by atoms with van der Waals surface area (Å²) in [6.07, 6.45) is 1.72. The number of hydrogen-bond donors (Lipinski definition) is 1. The molecule has 2 atom stereocenters. The van der Waals surface area contributed by atoms with Crippen LogP contribution in [0.4, 0.5) is 10.1 Å². The van der Waals surface area contributed by atoms with Gasteiger partial charge < -0.3 is 10.0 Å². The molecule has 18 heavy (non-hydrogen) atoms. The first-order valence-electron chi connectivity index (χ1n) is 6.29. The van der Waals surface area contributed by atoms with Crippen LogP contribution in [0.5, 0.6) is 0 Å². The first-order valence-corrected chi connectivity index (χ1v) is 6.29. The molecule has 1 heterocycles. The van der Waals surface area contributed by atoms with Crippen molar-refractivity contribution in [1.82, 2.24) is 0 Å². The van der Waals surface area contributed by atoms with Gasteiger partial charge in [0.2, 0.25) is 0 Å². The van der Waals surface area contributed by atoms with E-state index < -0.39 is 5.97 Å². The summed E-state index contributed by atoms with van der Waals surface area (Å²) in [5.74, 6) is -0.825. The normalized spacial score (nSPS) is 21.0. The van der Waals surface area contributed by atoms with E-state index >= 15 is 0 Å². The van der Waals surface area contributed by atoms with Crippen molar-refractivity contribution >= 4 is 11.7 Å². The third-order valence-corrected chi connectivity index (χ3v) is 3.59. The second-order valence-corrected chi connectivity index (χ2v) is 5.05. The lowest BCUT2D eigenvalue weighted by Crippen LogP contribution is -2.21. The highest BCUT2D eigenvalue weighted by molar-refractivity contribution is 5.69. The highest BCUT2D eigenvalue weighted by atomic mass is 19.1. The molecule has 1 aromatic rings. The second-order valence-electron chi connectivity index (χ2n) is 5.05. The Balaban J connectivity index is 1.92. The van der Waals surface area contributed by atoms with Gasteiger partial charge in [-0.3, -0.25) is 4.79 Å². The molecule has 1 N–H and O–H groups in total. The standard InChI is InChI=1S/C14H18FNO2/c1-10(14(17)18)8-11-6-7-16(9-11)13-4-2-12(15)3-5-13/h2-5,10-11H,6-9H2,1H3,(H,17,18). The summed E-state index contributed by atoms with van der Waals surface area (Å²) in [6.45, 7) is 3.54. The van der Waals surface area contributed by atoms with Gasteiger partial charge in [-0.2, -0.15) is 0 Å². The molecule has 98 valence electrons. The van der Waals surface area contributed by atoms with Gasteiger partial charge in [-0.1, -0.05) is 6.92 Å². The van der Waals surface area contributed by atoms with Gasteiger partial charge >= 0.3 is 5.97 Å². The average Bonchev–Trinajstić information content (AvgIpc) is 2.78. The van der Waals surface area contributed by atoms with Crippen LogP contribution in [0.1, 0.15) is 19.8 Å². The second kappa shape index (κ2) is 5.38. The lowest BCUT2D eigenvalue weighted by Gasteiger charge is -2.19. The molecule has 1 aliphatic heterocycles. The van der Waals surface area contributed by atoms with E-state index in [-0.39, 0.29) is 11.7 Å². The third-order valence-electron chi connectivity index (χ3n) is 3.59. The van der Waals surface area contributed by atoms with Crippen molar-refractivity contribution in [3.8, 4) is 0 Å². The first-order chi connectivity index (χ1) is 8.56. The Bertz CT molecular complexity index is 418. The van der Waals surface area contributed by atoms with E-state index in [1.54, 1.807) is 19.1 Å². The van der Waals surface area contributed by atoms with Crippen molar-refractivity contribution in [1.29, 1.82) is 0 Å². The molecule has 0 amide bonds. The fourth-order valence-corrected chi connectivity index (χ4v) is 2.51. The van der Waals surface area contributed by atoms with Gasteiger partial charge in [-0.05, 0) is 43.0 Å². The number of benzene rings is 1. The summed E-state index contributed by atoms with van der Waals surface area (Å²) in [5.41, 5.74) is 1.02. The summed E-state index contributed by atoms with van der Waals surface area (Å²) in [4.78, 5) is 13.0. The minimum Gasteiger partial charge on any atom is -0.481 e. The van der Waals surface area contributed by atoms with Crippen molar-refractivity contribution in [2.75, 3.05) is 18.0 Å². The summed E-state index contributed by atoms with van der Waals surface area (Å²) in [6, 6.07) is 6.47. The molecule has 0 spiro atoms. The van der Waals surface area contributed by atoms with Crippen LogP contribution in [0.15, 0.2) is 24.3 Å². The van der Waals surface area contributed by atoms with E-state index in [1.807, 2.05) is 0 Å². The lowest BCUT2D eigenvalue weighted by atomic mass is 9.95. The van der Waals surface area contributed by atoms with Crippen LogP contribution in [0.25, 0.3) is 0 Å². The molecule has 2 unspecified atom stereocenters. The minimum atomic E-state index is -0.727. The molecule has 2 rings (SSSR count). The lowest BCUT2D eigenvalue weighted by molar-refractivity contribution is -0.141. The quantitative estimate of drug-likeness (QED) is 0.894. The summed E-state index contributed by atoms with van der Waals surface area (Å²) >= 11 is 0. The van der Waals surface area contributed by atoms with E-state index in [4.69, 9.17) is 5.11 Å². The number of nitrogens with zero attached hydrogens (tertiary/aromatic N) is 1. The summed E-state index contributed by atoms with van der Waals surface area (Å²) < 4.78 is 12.8. The Labute approximate surface area is 106 Å². The van der Waals surface area contributed by atoms with Crippen molar-refractivity contribution in [2.45, 2.75) is 19.8 Å². The zero-order chi connectivity index (χ0) is 13.1. The van der Waals surface area contributed by atoms with Crippen LogP contribution in [-0.4, -0.2) is 24.2 Å². The van der Waals surface area contributed by atoms with Crippen molar-refractivity contribution < 1.29 is 14.3 Å². The maximum absolute atomic E-state index is 12.8. The molecule has 1 saturated heterocycles. The van der Waals surface area contributed by atoms with Crippen LogP contribution < -0.4 is 4.90 Å². The van der Waals surface area contributed by atoms with Gasteiger partial charge in [0.1, 0.15) is 5.82 Å². The van der Waals surface area contributed by atoms with Crippen molar-refractivity contribution in [3.63, 3.8) is 0 Å². The first kappa shape index (κ1) is 12.9. The predicted molar refractivity (Wildman–Crippen MR) is 68.1 cm³/mol. The van der Waals surface area contributed by atoms with E-state index in [0.717, 1.165) is 25.2 Å². The van der Waals surface area contributed by atoms with E-state index in [0.29, 0.717) is 12.3 Å². The number of carboxylic acid groups (broad SMARTS) is 1. The molecule has 1 aliphatic rings. The predicted octanol–water partition coefficient (Wildman–Crippen LogP) is 2.76. The molecule has 0 aliphatic carbocycles. The smallest absolute Gasteiger partial charge is 0.306 e. The zero-order valence-electron chi connectivity index (χ0n) is 10.5. The van der Waals surface area contributed by atoms with Crippen LogP contribution in [0.3, 0.4) is 0 Å². The fourth-order valence-electron chi connectivity index (χ4n) is 2.51. The number of halogens is 1. The molecule has 1 fully saturated rings. The maximum Gasteiger partial charge on any atom is 0.306 e. The van der Waals surface area contributed by atoms with E-state index in [1.165, 1.54) is 12.1 Å². The molecule has 4 heteroatoms. The number of carboxylic acids is 1. The number of rotatable bonds is 4. The molecule has 1 aromatic carbocycles. The Hall–Kier alpha value is -1.58. The molecular weight excluding hydrogens is 233 g/mol. The summed E-state index contributed by atoms with van der Waals surface area (Å²) in [5, 5.41) is 8.90. The SMILES string of the molecule is CC(CC1CCN(c2ccc(F)cc2)C1)C(=O)O. The largest absolute Gasteiger partial charge is 0.481 e. The average molecular weight is 251 g/mol. The Morgan fingerprint density at radius 2 is 2.17 bits per heavy atom. The number of aliphatic carboxylic acids is 1. The van der Waals surface area contributed by atoms with Crippen molar-refractivity contribution in [3.05, 3.63) is 30.1 Å². The molecule has 0 bridgehead atoms. The van der Waals surface area contributed by atoms with E-state index in [2.05, 4.69) is 4.90 Å². The highest BCUT2D eigenvalue weighted by Gasteiger charge is 2.26. The van der Waals surface area contributed by atoms with Gasteiger partial charge in [-0.15, -0.1) is 0 Å². The van der Waals surface area contributed by atoms with Crippen LogP contribution in [-0.2, 0) is 4.79 Å². The molecule has 0 saturated carbocycles. The topological polar surface area (TPSA) is 40.5 Å². The monoisotopic (exact) mass is 251 g/mol. The molecule has 0 radical (unpaired) electrons.